The Balaban J connectivity index is 1.38. The standard InChI is InChI=1S/C32H28FN3O4/c1-4-39-24-11-12-29-26(16-24)31(13-14-34-29)40-25-10-9-23(35-17-25)15-30(37)28-19-36(20(2)3)18-27(32(28)38)21-5-7-22(33)8-6-21/h5-14,16-20H,4,15H2,1-3H3. The Bertz CT molecular complexity index is 1730. The Morgan fingerprint density at radius 3 is 2.45 bits per heavy atom. The maximum absolute atomic E-state index is 13.5. The highest BCUT2D eigenvalue weighted by Gasteiger charge is 2.18. The number of benzene rings is 2. The fourth-order valence-corrected chi connectivity index (χ4v) is 4.34. The molecule has 0 unspecified atom stereocenters. The van der Waals surface area contributed by atoms with Gasteiger partial charge in [0.25, 0.3) is 0 Å². The summed E-state index contributed by atoms with van der Waals surface area (Å²) < 4.78 is 27.0. The van der Waals surface area contributed by atoms with Gasteiger partial charge in [-0.05, 0) is 74.9 Å². The summed E-state index contributed by atoms with van der Waals surface area (Å²) in [5.41, 5.74) is 1.82. The molecule has 5 aromatic rings. The third kappa shape index (κ3) is 5.76. The number of ether oxygens (including phenoxy) is 2. The van der Waals surface area contributed by atoms with Crippen LogP contribution >= 0.6 is 0 Å². The topological polar surface area (TPSA) is 83.3 Å². The van der Waals surface area contributed by atoms with Gasteiger partial charge in [0.05, 0.1) is 30.3 Å². The number of hydrogen-bond donors (Lipinski definition) is 0. The molecule has 8 heteroatoms. The number of aromatic nitrogens is 3. The van der Waals surface area contributed by atoms with Gasteiger partial charge in [-0.3, -0.25) is 19.6 Å². The molecule has 0 fully saturated rings. The summed E-state index contributed by atoms with van der Waals surface area (Å²) in [6, 6.07) is 16.5. The second-order valence-corrected chi connectivity index (χ2v) is 9.57. The Morgan fingerprint density at radius 1 is 0.975 bits per heavy atom. The van der Waals surface area contributed by atoms with Gasteiger partial charge in [-0.2, -0.15) is 0 Å². The largest absolute Gasteiger partial charge is 0.494 e. The second kappa shape index (κ2) is 11.5. The maximum Gasteiger partial charge on any atom is 0.200 e. The summed E-state index contributed by atoms with van der Waals surface area (Å²) in [6.07, 6.45) is 6.42. The third-order valence-corrected chi connectivity index (χ3v) is 6.45. The van der Waals surface area contributed by atoms with Gasteiger partial charge in [0.2, 0.25) is 0 Å². The molecule has 0 saturated carbocycles. The number of carbonyl (C=O) groups excluding carboxylic acids is 1. The lowest BCUT2D eigenvalue weighted by atomic mass is 10.0. The molecule has 0 aliphatic heterocycles. The SMILES string of the molecule is CCOc1ccc2nccc(Oc3ccc(CC(=O)c4cn(C(C)C)cc(-c5ccc(F)cc5)c4=O)nc3)c2c1. The van der Waals surface area contributed by atoms with Crippen LogP contribution in [0, 0.1) is 5.82 Å². The van der Waals surface area contributed by atoms with Crippen molar-refractivity contribution in [3.8, 4) is 28.4 Å². The monoisotopic (exact) mass is 537 g/mol. The molecule has 0 atom stereocenters. The highest BCUT2D eigenvalue weighted by molar-refractivity contribution is 5.98. The lowest BCUT2D eigenvalue weighted by Gasteiger charge is -2.15. The van der Waals surface area contributed by atoms with Gasteiger partial charge in [0.15, 0.2) is 11.2 Å². The van der Waals surface area contributed by atoms with E-state index in [1.54, 1.807) is 43.0 Å². The third-order valence-electron chi connectivity index (χ3n) is 6.45. The van der Waals surface area contributed by atoms with Crippen molar-refractivity contribution in [1.82, 2.24) is 14.5 Å². The molecule has 40 heavy (non-hydrogen) atoms. The number of carbonyl (C=O) groups is 1. The van der Waals surface area contributed by atoms with E-state index in [9.17, 15) is 14.0 Å². The van der Waals surface area contributed by atoms with E-state index in [0.717, 1.165) is 16.7 Å². The minimum Gasteiger partial charge on any atom is -0.494 e. The normalized spacial score (nSPS) is 11.1. The quantitative estimate of drug-likeness (QED) is 0.192. The van der Waals surface area contributed by atoms with Gasteiger partial charge >= 0.3 is 0 Å². The van der Waals surface area contributed by atoms with Crippen molar-refractivity contribution in [2.24, 2.45) is 0 Å². The molecule has 0 spiro atoms. The van der Waals surface area contributed by atoms with Gasteiger partial charge < -0.3 is 14.0 Å². The Morgan fingerprint density at radius 2 is 1.75 bits per heavy atom. The summed E-state index contributed by atoms with van der Waals surface area (Å²) in [7, 11) is 0. The molecule has 0 N–H and O–H groups in total. The fourth-order valence-electron chi connectivity index (χ4n) is 4.34. The average Bonchev–Trinajstić information content (AvgIpc) is 2.95. The number of ketones is 1. The first-order chi connectivity index (χ1) is 19.3. The van der Waals surface area contributed by atoms with E-state index < -0.39 is 11.2 Å². The first kappa shape index (κ1) is 26.7. The van der Waals surface area contributed by atoms with Crippen molar-refractivity contribution < 1.29 is 18.7 Å². The first-order valence-electron chi connectivity index (χ1n) is 13.0. The number of halogens is 1. The van der Waals surface area contributed by atoms with E-state index >= 15 is 0 Å². The van der Waals surface area contributed by atoms with Crippen LogP contribution < -0.4 is 14.9 Å². The number of nitrogens with zero attached hydrogens (tertiary/aromatic N) is 3. The number of fused-ring (bicyclic) bond motifs is 1. The second-order valence-electron chi connectivity index (χ2n) is 9.57. The molecule has 3 heterocycles. The molecule has 7 nitrogen and oxygen atoms in total. The summed E-state index contributed by atoms with van der Waals surface area (Å²) in [5, 5.41) is 0.801. The molecule has 202 valence electrons. The number of Topliss-reactive ketones (excluding diaryl/α,β-unsaturated/α-hetero) is 1. The molecule has 5 rings (SSSR count). The predicted octanol–water partition coefficient (Wildman–Crippen LogP) is 6.79. The molecule has 3 aromatic heterocycles. The zero-order chi connectivity index (χ0) is 28.2. The van der Waals surface area contributed by atoms with Crippen LogP contribution in [-0.4, -0.2) is 26.9 Å². The molecule has 0 bridgehead atoms. The van der Waals surface area contributed by atoms with Gasteiger partial charge in [0.1, 0.15) is 23.1 Å². The Labute approximate surface area is 230 Å². The zero-order valence-electron chi connectivity index (χ0n) is 22.4. The van der Waals surface area contributed by atoms with Crippen molar-refractivity contribution in [2.75, 3.05) is 6.61 Å². The van der Waals surface area contributed by atoms with Gasteiger partial charge in [0, 0.05) is 41.3 Å². The summed E-state index contributed by atoms with van der Waals surface area (Å²) in [4.78, 5) is 35.4. The summed E-state index contributed by atoms with van der Waals surface area (Å²) in [6.45, 7) is 6.38. The molecule has 0 amide bonds. The zero-order valence-corrected chi connectivity index (χ0v) is 22.4. The van der Waals surface area contributed by atoms with Gasteiger partial charge in [-0.1, -0.05) is 12.1 Å². The van der Waals surface area contributed by atoms with Gasteiger partial charge in [-0.15, -0.1) is 0 Å². The molecule has 0 saturated heterocycles. The smallest absolute Gasteiger partial charge is 0.200 e. The predicted molar refractivity (Wildman–Crippen MR) is 152 cm³/mol. The van der Waals surface area contributed by atoms with Crippen LogP contribution in [-0.2, 0) is 6.42 Å². The fraction of sp³-hybridized carbons (Fsp3) is 0.188. The molecule has 0 radical (unpaired) electrons. The van der Waals surface area contributed by atoms with Crippen molar-refractivity contribution >= 4 is 16.7 Å². The van der Waals surface area contributed by atoms with E-state index in [4.69, 9.17) is 9.47 Å². The highest BCUT2D eigenvalue weighted by atomic mass is 19.1. The van der Waals surface area contributed by atoms with E-state index in [2.05, 4.69) is 9.97 Å². The van der Waals surface area contributed by atoms with Crippen LogP contribution in [0.25, 0.3) is 22.0 Å². The van der Waals surface area contributed by atoms with E-state index in [1.807, 2.05) is 43.5 Å². The maximum atomic E-state index is 13.5. The van der Waals surface area contributed by atoms with Crippen LogP contribution in [0.4, 0.5) is 4.39 Å². The van der Waals surface area contributed by atoms with Crippen LogP contribution in [0.3, 0.4) is 0 Å². The van der Waals surface area contributed by atoms with E-state index in [-0.39, 0.29) is 23.8 Å². The first-order valence-corrected chi connectivity index (χ1v) is 13.0. The molecule has 0 aliphatic carbocycles. The highest BCUT2D eigenvalue weighted by Crippen LogP contribution is 2.31. The van der Waals surface area contributed by atoms with Crippen molar-refractivity contribution in [1.29, 1.82) is 0 Å². The number of hydrogen-bond acceptors (Lipinski definition) is 6. The van der Waals surface area contributed by atoms with Gasteiger partial charge in [-0.25, -0.2) is 4.39 Å². The van der Waals surface area contributed by atoms with E-state index in [0.29, 0.717) is 34.9 Å². The van der Waals surface area contributed by atoms with Crippen LogP contribution in [0.1, 0.15) is 42.9 Å². The van der Waals surface area contributed by atoms with Crippen molar-refractivity contribution in [3.05, 3.63) is 113 Å². The van der Waals surface area contributed by atoms with Crippen LogP contribution in [0.5, 0.6) is 17.2 Å². The molecular weight excluding hydrogens is 509 g/mol. The summed E-state index contributed by atoms with van der Waals surface area (Å²) in [5.74, 6) is 1.06. The lowest BCUT2D eigenvalue weighted by molar-refractivity contribution is 0.0990. The molecular formula is C32H28FN3O4. The molecule has 2 aromatic carbocycles. The van der Waals surface area contributed by atoms with Crippen molar-refractivity contribution in [2.45, 2.75) is 33.2 Å². The van der Waals surface area contributed by atoms with E-state index in [1.165, 1.54) is 24.3 Å². The number of rotatable bonds is 9. The van der Waals surface area contributed by atoms with Crippen LogP contribution in [0.2, 0.25) is 0 Å². The lowest BCUT2D eigenvalue weighted by Crippen LogP contribution is -2.22. The van der Waals surface area contributed by atoms with Crippen LogP contribution in [0.15, 0.2) is 90.2 Å². The molecule has 0 aliphatic rings. The average molecular weight is 538 g/mol. The Kier molecular flexibility index (Phi) is 7.68. The minimum atomic E-state index is -0.399. The summed E-state index contributed by atoms with van der Waals surface area (Å²) >= 11 is 0. The van der Waals surface area contributed by atoms with Crippen molar-refractivity contribution in [3.63, 3.8) is 0 Å². The Hall–Kier alpha value is -4.85. The number of pyridine rings is 3. The minimum absolute atomic E-state index is 0.00906.